The Hall–Kier alpha value is -0.780. The van der Waals surface area contributed by atoms with E-state index in [2.05, 4.69) is 12.2 Å². The molecule has 0 amide bonds. The summed E-state index contributed by atoms with van der Waals surface area (Å²) in [7, 11) is -4.40. The van der Waals surface area contributed by atoms with Crippen molar-refractivity contribution in [3.8, 4) is 0 Å². The maximum absolute atomic E-state index is 11.0. The molecule has 0 aliphatic heterocycles. The molecule has 0 radical (unpaired) electrons. The molecule has 0 heterocycles. The van der Waals surface area contributed by atoms with Crippen molar-refractivity contribution in [1.29, 1.82) is 0 Å². The standard InChI is InChI=1S/C18H36O6S.C4H11NO2/c1-2-3-4-5-6-8-11-14-17(24-25(21,22)23)15-12-9-7-10-13-16-18(19)20;6-3-1-5-2-4-7/h17H,2-16H2,1H3,(H,19,20)(H,21,22,23);5-7H,1-4H2. The second-order valence-electron chi connectivity index (χ2n) is 7.95. The lowest BCUT2D eigenvalue weighted by molar-refractivity contribution is -0.137. The van der Waals surface area contributed by atoms with E-state index < -0.39 is 22.5 Å². The summed E-state index contributed by atoms with van der Waals surface area (Å²) in [4.78, 5) is 10.4. The zero-order chi connectivity index (χ0) is 24.5. The predicted molar refractivity (Wildman–Crippen MR) is 126 cm³/mol. The van der Waals surface area contributed by atoms with E-state index in [-0.39, 0.29) is 19.6 Å². The lowest BCUT2D eigenvalue weighted by Crippen LogP contribution is -2.21. The molecule has 0 aliphatic carbocycles. The van der Waals surface area contributed by atoms with Crippen LogP contribution in [0.5, 0.6) is 0 Å². The summed E-state index contributed by atoms with van der Waals surface area (Å²) in [6.07, 6.45) is 13.3. The van der Waals surface area contributed by atoms with Crippen molar-refractivity contribution < 1.29 is 37.3 Å². The Bertz CT molecular complexity index is 498. The zero-order valence-corrected chi connectivity index (χ0v) is 20.7. The molecule has 9 nitrogen and oxygen atoms in total. The molecule has 5 N–H and O–H groups in total. The molecule has 0 aromatic carbocycles. The van der Waals surface area contributed by atoms with Crippen LogP contribution < -0.4 is 5.32 Å². The second-order valence-corrected chi connectivity index (χ2v) is 9.00. The van der Waals surface area contributed by atoms with E-state index in [0.717, 1.165) is 44.9 Å². The predicted octanol–water partition coefficient (Wildman–Crippen LogP) is 3.69. The van der Waals surface area contributed by atoms with Gasteiger partial charge in [-0.25, -0.2) is 4.18 Å². The third kappa shape index (κ3) is 31.4. The second kappa shape index (κ2) is 24.9. The van der Waals surface area contributed by atoms with E-state index in [4.69, 9.17) is 24.1 Å². The van der Waals surface area contributed by atoms with Crippen molar-refractivity contribution in [2.45, 2.75) is 109 Å². The van der Waals surface area contributed by atoms with Crippen molar-refractivity contribution in [1.82, 2.24) is 5.32 Å². The van der Waals surface area contributed by atoms with Crippen LogP contribution in [0, 0.1) is 0 Å². The number of nitrogens with one attached hydrogen (secondary N) is 1. The Kier molecular flexibility index (Phi) is 25.9. The molecular weight excluding hydrogens is 438 g/mol. The molecule has 0 spiro atoms. The highest BCUT2D eigenvalue weighted by Gasteiger charge is 2.16. The molecule has 0 saturated heterocycles. The third-order valence-corrected chi connectivity index (χ3v) is 5.40. The molecule has 0 fully saturated rings. The van der Waals surface area contributed by atoms with Crippen LogP contribution in [0.3, 0.4) is 0 Å². The van der Waals surface area contributed by atoms with Gasteiger partial charge >= 0.3 is 16.4 Å². The Morgan fingerprint density at radius 1 is 0.812 bits per heavy atom. The number of carbonyl (C=O) groups is 1. The fourth-order valence-electron chi connectivity index (χ4n) is 3.20. The maximum Gasteiger partial charge on any atom is 0.397 e. The van der Waals surface area contributed by atoms with Gasteiger partial charge in [0.15, 0.2) is 0 Å². The van der Waals surface area contributed by atoms with Crippen LogP contribution in [-0.2, 0) is 19.4 Å². The fraction of sp³-hybridized carbons (Fsp3) is 0.955. The molecule has 0 bridgehead atoms. The van der Waals surface area contributed by atoms with Crippen LogP contribution in [0.25, 0.3) is 0 Å². The van der Waals surface area contributed by atoms with Gasteiger partial charge < -0.3 is 20.6 Å². The normalized spacial score (nSPS) is 12.2. The van der Waals surface area contributed by atoms with Gasteiger partial charge in [0.2, 0.25) is 0 Å². The summed E-state index contributed by atoms with van der Waals surface area (Å²) in [5, 5.41) is 27.6. The first-order valence-corrected chi connectivity index (χ1v) is 13.4. The first kappa shape index (κ1) is 33.4. The fourth-order valence-corrected chi connectivity index (χ4v) is 3.74. The highest BCUT2D eigenvalue weighted by molar-refractivity contribution is 7.80. The Morgan fingerprint density at radius 3 is 1.66 bits per heavy atom. The number of hydrogen-bond acceptors (Lipinski definition) is 7. The van der Waals surface area contributed by atoms with Crippen LogP contribution in [0.15, 0.2) is 0 Å². The molecule has 10 heteroatoms. The number of aliphatic carboxylic acids is 1. The molecule has 1 unspecified atom stereocenters. The van der Waals surface area contributed by atoms with Gasteiger partial charge in [-0.05, 0) is 19.3 Å². The van der Waals surface area contributed by atoms with E-state index in [1.54, 1.807) is 0 Å². The molecule has 0 aromatic rings. The molecule has 194 valence electrons. The smallest absolute Gasteiger partial charge is 0.397 e. The van der Waals surface area contributed by atoms with Crippen LogP contribution >= 0.6 is 0 Å². The van der Waals surface area contributed by atoms with Crippen molar-refractivity contribution in [2.24, 2.45) is 0 Å². The van der Waals surface area contributed by atoms with Crippen molar-refractivity contribution in [2.75, 3.05) is 26.3 Å². The van der Waals surface area contributed by atoms with Gasteiger partial charge in [-0.15, -0.1) is 0 Å². The lowest BCUT2D eigenvalue weighted by atomic mass is 10.0. The topological polar surface area (TPSA) is 153 Å². The number of carboxylic acids is 1. The number of aliphatic hydroxyl groups is 2. The highest BCUT2D eigenvalue weighted by Crippen LogP contribution is 2.18. The molecule has 1 atom stereocenters. The molecule has 0 aliphatic rings. The van der Waals surface area contributed by atoms with Crippen LogP contribution in [0.1, 0.15) is 103 Å². The van der Waals surface area contributed by atoms with Gasteiger partial charge in [0.05, 0.1) is 19.3 Å². The first-order valence-electron chi connectivity index (χ1n) is 12.1. The average molecular weight is 486 g/mol. The summed E-state index contributed by atoms with van der Waals surface area (Å²) < 4.78 is 35.6. The number of hydrogen-bond donors (Lipinski definition) is 5. The summed E-state index contributed by atoms with van der Waals surface area (Å²) in [6.45, 7) is 3.60. The third-order valence-electron chi connectivity index (χ3n) is 4.88. The summed E-state index contributed by atoms with van der Waals surface area (Å²) in [6, 6.07) is 0. The first-order chi connectivity index (χ1) is 15.3. The van der Waals surface area contributed by atoms with Gasteiger partial charge in [-0.1, -0.05) is 77.6 Å². The van der Waals surface area contributed by atoms with E-state index in [1.807, 2.05) is 0 Å². The Balaban J connectivity index is 0. The minimum absolute atomic E-state index is 0.139. The largest absolute Gasteiger partial charge is 0.481 e. The minimum atomic E-state index is -4.40. The van der Waals surface area contributed by atoms with Gasteiger partial charge in [0.25, 0.3) is 0 Å². The Morgan fingerprint density at radius 2 is 1.25 bits per heavy atom. The molecular formula is C22H47NO8S. The number of rotatable bonds is 22. The zero-order valence-electron chi connectivity index (χ0n) is 19.8. The highest BCUT2D eigenvalue weighted by atomic mass is 32.3. The van der Waals surface area contributed by atoms with Gasteiger partial charge in [0, 0.05) is 19.5 Å². The number of unbranched alkanes of at least 4 members (excludes halogenated alkanes) is 10. The SMILES string of the molecule is CCCCCCCCCC(CCCCCCCC(=O)O)OS(=O)(=O)O.OCCNCCO. The van der Waals surface area contributed by atoms with Crippen molar-refractivity contribution >= 4 is 16.4 Å². The summed E-state index contributed by atoms with van der Waals surface area (Å²) in [5.41, 5.74) is 0. The van der Waals surface area contributed by atoms with Crippen LogP contribution in [-0.4, -0.2) is 66.7 Å². The molecule has 0 rings (SSSR count). The van der Waals surface area contributed by atoms with Crippen molar-refractivity contribution in [3.05, 3.63) is 0 Å². The average Bonchev–Trinajstić information content (AvgIpc) is 2.71. The molecule has 0 aromatic heterocycles. The van der Waals surface area contributed by atoms with Gasteiger partial charge in [-0.3, -0.25) is 9.35 Å². The summed E-state index contributed by atoms with van der Waals surface area (Å²) in [5.74, 6) is -0.767. The van der Waals surface area contributed by atoms with E-state index in [0.29, 0.717) is 32.4 Å². The number of carboxylic acid groups (broad SMARTS) is 1. The Labute approximate surface area is 194 Å². The number of aliphatic hydroxyl groups excluding tert-OH is 2. The van der Waals surface area contributed by atoms with Crippen LogP contribution in [0.4, 0.5) is 0 Å². The minimum Gasteiger partial charge on any atom is -0.481 e. The quantitative estimate of drug-likeness (QED) is 0.114. The van der Waals surface area contributed by atoms with Crippen LogP contribution in [0.2, 0.25) is 0 Å². The van der Waals surface area contributed by atoms with Crippen molar-refractivity contribution in [3.63, 3.8) is 0 Å². The van der Waals surface area contributed by atoms with E-state index in [1.165, 1.54) is 25.7 Å². The molecule has 0 saturated carbocycles. The lowest BCUT2D eigenvalue weighted by Gasteiger charge is -2.15. The van der Waals surface area contributed by atoms with Gasteiger partial charge in [0.1, 0.15) is 0 Å². The monoisotopic (exact) mass is 485 g/mol. The summed E-state index contributed by atoms with van der Waals surface area (Å²) >= 11 is 0. The van der Waals surface area contributed by atoms with E-state index >= 15 is 0 Å². The maximum atomic E-state index is 11.0. The molecule has 32 heavy (non-hydrogen) atoms. The van der Waals surface area contributed by atoms with E-state index in [9.17, 15) is 13.2 Å². The van der Waals surface area contributed by atoms with Gasteiger partial charge in [-0.2, -0.15) is 8.42 Å².